The number of rotatable bonds is 6. The van der Waals surface area contributed by atoms with Crippen molar-refractivity contribution < 1.29 is 18.0 Å². The second-order valence-electron chi connectivity index (χ2n) is 9.16. The molecule has 194 valence electrons. The Hall–Kier alpha value is -4.45. The summed E-state index contributed by atoms with van der Waals surface area (Å²) in [7, 11) is -3.48. The molecular weight excluding hydrogens is 506 g/mol. The first-order valence-electron chi connectivity index (χ1n) is 11.9. The van der Waals surface area contributed by atoms with Crippen molar-refractivity contribution in [2.45, 2.75) is 24.4 Å². The van der Waals surface area contributed by atoms with Crippen molar-refractivity contribution in [3.63, 3.8) is 0 Å². The molecule has 0 aromatic carbocycles. The van der Waals surface area contributed by atoms with E-state index >= 15 is 0 Å². The number of carbonyl (C=O) groups is 2. The zero-order valence-electron chi connectivity index (χ0n) is 20.7. The molecule has 0 unspecified atom stereocenters. The fourth-order valence-electron chi connectivity index (χ4n) is 4.17. The van der Waals surface area contributed by atoms with Crippen LogP contribution in [0.25, 0.3) is 22.3 Å². The molecule has 1 aliphatic rings. The number of pyridine rings is 4. The molecule has 0 radical (unpaired) electrons. The minimum atomic E-state index is -3.48. The summed E-state index contributed by atoms with van der Waals surface area (Å²) in [5, 5.41) is 6.47. The van der Waals surface area contributed by atoms with Gasteiger partial charge in [-0.05, 0) is 43.3 Å². The highest BCUT2D eigenvalue weighted by Gasteiger charge is 2.23. The molecule has 0 saturated carbocycles. The minimum absolute atomic E-state index is 0.0264. The molecule has 0 aliphatic carbocycles. The normalized spacial score (nSPS) is 15.8. The van der Waals surface area contributed by atoms with Gasteiger partial charge in [0, 0.05) is 42.8 Å². The fraction of sp³-hybridized carbons (Fsp3) is 0.231. The first-order chi connectivity index (χ1) is 18.2. The number of aromatic nitrogens is 4. The van der Waals surface area contributed by atoms with Crippen LogP contribution >= 0.6 is 0 Å². The predicted octanol–water partition coefficient (Wildman–Crippen LogP) is 1.74. The number of fused-ring (bicyclic) bond motifs is 1. The van der Waals surface area contributed by atoms with Crippen molar-refractivity contribution >= 4 is 38.4 Å². The lowest BCUT2D eigenvalue weighted by molar-refractivity contribution is -0.121. The van der Waals surface area contributed by atoms with E-state index in [-0.39, 0.29) is 35.5 Å². The van der Waals surface area contributed by atoms with Gasteiger partial charge < -0.3 is 15.5 Å². The predicted molar refractivity (Wildman–Crippen MR) is 141 cm³/mol. The van der Waals surface area contributed by atoms with E-state index in [2.05, 4.69) is 20.6 Å². The van der Waals surface area contributed by atoms with E-state index in [1.165, 1.54) is 18.5 Å². The standard InChI is InChI=1S/C26H25N7O4S/c1-16-14-33(15-25(34)30-16)24-5-3-4-21(32-24)22-7-6-17-11-28-19(9-23(17)31-22)12-29-26(35)18-8-20(13-27-10-18)38(2,36)37/h3-11,13,16H,12,14-15H2,1-2H3,(H,29,35)(H,30,34)/t16-/m1/s1. The fourth-order valence-corrected chi connectivity index (χ4v) is 4.76. The molecular formula is C26H25N7O4S. The molecule has 1 atom stereocenters. The molecule has 5 rings (SSSR count). The Morgan fingerprint density at radius 2 is 1.92 bits per heavy atom. The number of anilines is 1. The molecule has 5 heterocycles. The Bertz CT molecular complexity index is 1660. The van der Waals surface area contributed by atoms with Gasteiger partial charge in [-0.15, -0.1) is 0 Å². The molecule has 0 spiro atoms. The van der Waals surface area contributed by atoms with Gasteiger partial charge in [-0.1, -0.05) is 6.07 Å². The van der Waals surface area contributed by atoms with Crippen LogP contribution in [0.3, 0.4) is 0 Å². The summed E-state index contributed by atoms with van der Waals surface area (Å²) in [6.45, 7) is 2.99. The largest absolute Gasteiger partial charge is 0.350 e. The number of carbonyl (C=O) groups excluding carboxylic acids is 2. The van der Waals surface area contributed by atoms with Gasteiger partial charge in [0.05, 0.1) is 46.1 Å². The van der Waals surface area contributed by atoms with Crippen LogP contribution < -0.4 is 15.5 Å². The summed E-state index contributed by atoms with van der Waals surface area (Å²) in [4.78, 5) is 44.2. The van der Waals surface area contributed by atoms with Crippen LogP contribution in [-0.4, -0.2) is 65.6 Å². The van der Waals surface area contributed by atoms with Crippen LogP contribution in [0, 0.1) is 0 Å². The lowest BCUT2D eigenvalue weighted by Crippen LogP contribution is -2.53. The Balaban J connectivity index is 1.34. The summed E-state index contributed by atoms with van der Waals surface area (Å²) in [5.41, 5.74) is 2.74. The quantitative estimate of drug-likeness (QED) is 0.380. The van der Waals surface area contributed by atoms with E-state index in [1.54, 1.807) is 12.3 Å². The monoisotopic (exact) mass is 531 g/mol. The van der Waals surface area contributed by atoms with Crippen molar-refractivity contribution in [3.05, 3.63) is 72.3 Å². The number of nitrogens with zero attached hydrogens (tertiary/aromatic N) is 5. The third kappa shape index (κ3) is 5.59. The molecule has 1 fully saturated rings. The van der Waals surface area contributed by atoms with Crippen LogP contribution in [0.5, 0.6) is 0 Å². The molecule has 4 aromatic heterocycles. The summed E-state index contributed by atoms with van der Waals surface area (Å²) in [5.74, 6) is 0.207. The van der Waals surface area contributed by atoms with E-state index in [0.717, 1.165) is 11.6 Å². The first kappa shape index (κ1) is 25.2. The van der Waals surface area contributed by atoms with Gasteiger partial charge in [0.2, 0.25) is 5.91 Å². The molecule has 1 aliphatic heterocycles. The van der Waals surface area contributed by atoms with E-state index in [0.29, 0.717) is 35.0 Å². The summed E-state index contributed by atoms with van der Waals surface area (Å²) in [6.07, 6.45) is 5.25. The molecule has 4 aromatic rings. The third-order valence-electron chi connectivity index (χ3n) is 6.02. The van der Waals surface area contributed by atoms with E-state index in [1.807, 2.05) is 42.2 Å². The number of hydrogen-bond donors (Lipinski definition) is 2. The molecule has 38 heavy (non-hydrogen) atoms. The first-order valence-corrected chi connectivity index (χ1v) is 13.8. The van der Waals surface area contributed by atoms with Crippen molar-refractivity contribution in [2.75, 3.05) is 24.2 Å². The Morgan fingerprint density at radius 3 is 2.71 bits per heavy atom. The highest BCUT2D eigenvalue weighted by molar-refractivity contribution is 7.90. The van der Waals surface area contributed by atoms with Crippen LogP contribution in [0.2, 0.25) is 0 Å². The lowest BCUT2D eigenvalue weighted by atomic mass is 10.1. The molecule has 0 bridgehead atoms. The van der Waals surface area contributed by atoms with E-state index in [4.69, 9.17) is 9.97 Å². The van der Waals surface area contributed by atoms with Gasteiger partial charge in [0.1, 0.15) is 5.82 Å². The second-order valence-corrected chi connectivity index (χ2v) is 11.2. The van der Waals surface area contributed by atoms with Gasteiger partial charge in [-0.2, -0.15) is 0 Å². The summed E-state index contributed by atoms with van der Waals surface area (Å²) >= 11 is 0. The average molecular weight is 532 g/mol. The Morgan fingerprint density at radius 1 is 1.11 bits per heavy atom. The zero-order valence-corrected chi connectivity index (χ0v) is 21.6. The maximum absolute atomic E-state index is 12.6. The highest BCUT2D eigenvalue weighted by Crippen LogP contribution is 2.23. The van der Waals surface area contributed by atoms with Gasteiger partial charge in [-0.3, -0.25) is 19.6 Å². The van der Waals surface area contributed by atoms with Crippen molar-refractivity contribution in [2.24, 2.45) is 0 Å². The van der Waals surface area contributed by atoms with Crippen molar-refractivity contribution in [1.82, 2.24) is 30.6 Å². The van der Waals surface area contributed by atoms with Gasteiger partial charge in [0.25, 0.3) is 5.91 Å². The maximum atomic E-state index is 12.6. The highest BCUT2D eigenvalue weighted by atomic mass is 32.2. The second kappa shape index (κ2) is 10.1. The summed E-state index contributed by atoms with van der Waals surface area (Å²) < 4.78 is 23.5. The Labute approximate surface area is 219 Å². The molecule has 11 nitrogen and oxygen atoms in total. The van der Waals surface area contributed by atoms with Crippen LogP contribution in [0.1, 0.15) is 23.0 Å². The van der Waals surface area contributed by atoms with E-state index in [9.17, 15) is 18.0 Å². The number of piperazine rings is 1. The maximum Gasteiger partial charge on any atom is 0.253 e. The van der Waals surface area contributed by atoms with Crippen LogP contribution in [-0.2, 0) is 21.2 Å². The van der Waals surface area contributed by atoms with Gasteiger partial charge in [-0.25, -0.2) is 18.4 Å². The molecule has 2 N–H and O–H groups in total. The average Bonchev–Trinajstić information content (AvgIpc) is 2.90. The molecule has 2 amide bonds. The van der Waals surface area contributed by atoms with Gasteiger partial charge >= 0.3 is 0 Å². The summed E-state index contributed by atoms with van der Waals surface area (Å²) in [6, 6.07) is 12.5. The van der Waals surface area contributed by atoms with Crippen molar-refractivity contribution in [1.29, 1.82) is 0 Å². The van der Waals surface area contributed by atoms with E-state index < -0.39 is 15.7 Å². The third-order valence-corrected chi connectivity index (χ3v) is 7.10. The molecule has 12 heteroatoms. The molecule has 1 saturated heterocycles. The number of sulfone groups is 1. The Kier molecular flexibility index (Phi) is 6.72. The number of amides is 2. The number of hydrogen-bond acceptors (Lipinski definition) is 9. The zero-order chi connectivity index (χ0) is 26.9. The number of nitrogens with one attached hydrogen (secondary N) is 2. The van der Waals surface area contributed by atoms with Crippen molar-refractivity contribution in [3.8, 4) is 11.4 Å². The lowest BCUT2D eigenvalue weighted by Gasteiger charge is -2.32. The smallest absolute Gasteiger partial charge is 0.253 e. The van der Waals surface area contributed by atoms with Gasteiger partial charge in [0.15, 0.2) is 9.84 Å². The SMILES string of the molecule is C[C@@H]1CN(c2cccc(-c3ccc4cnc(CNC(=O)c5cncc(S(C)(=O)=O)c5)cc4n3)n2)CC(=O)N1. The topological polar surface area (TPSA) is 147 Å². The minimum Gasteiger partial charge on any atom is -0.350 e. The van der Waals surface area contributed by atoms with Crippen LogP contribution in [0.4, 0.5) is 5.82 Å². The van der Waals surface area contributed by atoms with Crippen LogP contribution in [0.15, 0.2) is 66.0 Å².